The molecule has 2 aromatic heterocycles. The Labute approximate surface area is 143 Å². The average Bonchev–Trinajstić information content (AvgIpc) is 2.93. The van der Waals surface area contributed by atoms with E-state index in [1.807, 2.05) is 6.92 Å². The zero-order valence-corrected chi connectivity index (χ0v) is 14.5. The van der Waals surface area contributed by atoms with Crippen LogP contribution < -0.4 is 5.73 Å². The lowest BCUT2D eigenvalue weighted by atomic mass is 10.0. The van der Waals surface area contributed by atoms with Crippen molar-refractivity contribution in [1.29, 1.82) is 0 Å². The van der Waals surface area contributed by atoms with E-state index >= 15 is 0 Å². The summed E-state index contributed by atoms with van der Waals surface area (Å²) in [6.45, 7) is 3.60. The standard InChI is InChI=1S/C16H14ClN3O3S/c1-9-3-4-12(24(17,21)22)6-13(9)11-5-14(16(18)20-7-11)15-8-19-10(2)23-15/h3-8H,1-2H3,(H2,18,20). The minimum atomic E-state index is -3.82. The van der Waals surface area contributed by atoms with Gasteiger partial charge in [0.2, 0.25) is 0 Å². The smallest absolute Gasteiger partial charge is 0.261 e. The van der Waals surface area contributed by atoms with Crippen molar-refractivity contribution in [2.45, 2.75) is 18.7 Å². The Morgan fingerprint density at radius 1 is 1.08 bits per heavy atom. The normalized spacial score (nSPS) is 11.6. The van der Waals surface area contributed by atoms with Gasteiger partial charge in [0.05, 0.1) is 16.7 Å². The van der Waals surface area contributed by atoms with Gasteiger partial charge in [-0.25, -0.2) is 18.4 Å². The summed E-state index contributed by atoms with van der Waals surface area (Å²) in [4.78, 5) is 8.26. The molecule has 0 spiro atoms. The van der Waals surface area contributed by atoms with Crippen molar-refractivity contribution >= 4 is 25.6 Å². The lowest BCUT2D eigenvalue weighted by molar-refractivity contribution is 0.534. The predicted octanol–water partition coefficient (Wildman–Crippen LogP) is 3.53. The van der Waals surface area contributed by atoms with E-state index < -0.39 is 9.05 Å². The summed E-state index contributed by atoms with van der Waals surface area (Å²) in [5.74, 6) is 1.31. The van der Waals surface area contributed by atoms with Gasteiger partial charge in [-0.1, -0.05) is 6.07 Å². The molecule has 2 N–H and O–H groups in total. The van der Waals surface area contributed by atoms with Crippen molar-refractivity contribution < 1.29 is 12.8 Å². The molecule has 124 valence electrons. The van der Waals surface area contributed by atoms with Gasteiger partial charge in [-0.3, -0.25) is 0 Å². The molecule has 8 heteroatoms. The first-order valence-corrected chi connectivity index (χ1v) is 9.30. The van der Waals surface area contributed by atoms with Crippen LogP contribution in [0, 0.1) is 13.8 Å². The van der Waals surface area contributed by atoms with Gasteiger partial charge in [-0.2, -0.15) is 0 Å². The first kappa shape index (κ1) is 16.5. The van der Waals surface area contributed by atoms with E-state index in [0.29, 0.717) is 34.2 Å². The molecule has 0 bridgehead atoms. The fourth-order valence-corrected chi connectivity index (χ4v) is 3.15. The molecule has 2 heterocycles. The summed E-state index contributed by atoms with van der Waals surface area (Å²) in [5, 5.41) is 0. The molecule has 0 fully saturated rings. The summed E-state index contributed by atoms with van der Waals surface area (Å²) in [6, 6.07) is 6.46. The fraction of sp³-hybridized carbons (Fsp3) is 0.125. The van der Waals surface area contributed by atoms with Gasteiger partial charge in [-0.15, -0.1) is 0 Å². The number of hydrogen-bond acceptors (Lipinski definition) is 6. The number of aromatic nitrogens is 2. The van der Waals surface area contributed by atoms with Crippen molar-refractivity contribution in [1.82, 2.24) is 9.97 Å². The quantitative estimate of drug-likeness (QED) is 0.714. The van der Waals surface area contributed by atoms with Gasteiger partial charge in [0, 0.05) is 29.4 Å². The van der Waals surface area contributed by atoms with Crippen molar-refractivity contribution in [3.63, 3.8) is 0 Å². The van der Waals surface area contributed by atoms with Crippen LogP contribution in [-0.2, 0) is 9.05 Å². The number of oxazole rings is 1. The van der Waals surface area contributed by atoms with Gasteiger partial charge in [0.1, 0.15) is 5.82 Å². The van der Waals surface area contributed by atoms with E-state index in [1.54, 1.807) is 31.5 Å². The lowest BCUT2D eigenvalue weighted by Gasteiger charge is -2.10. The second kappa shape index (κ2) is 5.92. The van der Waals surface area contributed by atoms with Crippen molar-refractivity contribution in [3.05, 3.63) is 48.1 Å². The third-order valence-electron chi connectivity index (χ3n) is 3.61. The first-order chi connectivity index (χ1) is 11.3. The predicted molar refractivity (Wildman–Crippen MR) is 92.1 cm³/mol. The zero-order chi connectivity index (χ0) is 17.5. The number of nitrogens with zero attached hydrogens (tertiary/aromatic N) is 2. The molecular weight excluding hydrogens is 350 g/mol. The Bertz CT molecular complexity index is 1030. The Balaban J connectivity index is 2.17. The maximum Gasteiger partial charge on any atom is 0.261 e. The van der Waals surface area contributed by atoms with E-state index in [4.69, 9.17) is 20.8 Å². The summed E-state index contributed by atoms with van der Waals surface area (Å²) in [5.41, 5.74) is 8.80. The molecule has 0 aliphatic heterocycles. The zero-order valence-electron chi connectivity index (χ0n) is 12.9. The van der Waals surface area contributed by atoms with Gasteiger partial charge < -0.3 is 10.2 Å². The Morgan fingerprint density at radius 2 is 1.83 bits per heavy atom. The van der Waals surface area contributed by atoms with E-state index in [1.165, 1.54) is 12.1 Å². The van der Waals surface area contributed by atoms with Crippen LogP contribution in [0.5, 0.6) is 0 Å². The molecule has 3 rings (SSSR count). The lowest BCUT2D eigenvalue weighted by Crippen LogP contribution is -1.97. The van der Waals surface area contributed by atoms with Crippen molar-refractivity contribution in [2.75, 3.05) is 5.73 Å². The van der Waals surface area contributed by atoms with Crippen molar-refractivity contribution in [2.24, 2.45) is 0 Å². The van der Waals surface area contributed by atoms with Crippen LogP contribution in [0.3, 0.4) is 0 Å². The topological polar surface area (TPSA) is 99.1 Å². The fourth-order valence-electron chi connectivity index (χ4n) is 2.37. The maximum atomic E-state index is 11.6. The molecule has 0 aliphatic rings. The number of nitrogens with two attached hydrogens (primary N) is 1. The highest BCUT2D eigenvalue weighted by Gasteiger charge is 2.15. The van der Waals surface area contributed by atoms with E-state index in [2.05, 4.69) is 9.97 Å². The second-order valence-corrected chi connectivity index (χ2v) is 7.88. The number of anilines is 1. The van der Waals surface area contributed by atoms with Gasteiger partial charge in [0.15, 0.2) is 11.7 Å². The van der Waals surface area contributed by atoms with Gasteiger partial charge >= 0.3 is 0 Å². The molecule has 1 aromatic carbocycles. The second-order valence-electron chi connectivity index (χ2n) is 5.31. The Hall–Kier alpha value is -2.38. The molecule has 0 saturated carbocycles. The molecule has 0 atom stereocenters. The number of rotatable bonds is 3. The monoisotopic (exact) mass is 363 g/mol. The van der Waals surface area contributed by atoms with Crippen LogP contribution in [0.15, 0.2) is 46.0 Å². The molecule has 24 heavy (non-hydrogen) atoms. The molecule has 6 nitrogen and oxygen atoms in total. The third kappa shape index (κ3) is 3.13. The molecule has 0 amide bonds. The molecule has 0 saturated heterocycles. The van der Waals surface area contributed by atoms with Crippen LogP contribution in [0.1, 0.15) is 11.5 Å². The number of benzene rings is 1. The number of aryl methyl sites for hydroxylation is 2. The first-order valence-electron chi connectivity index (χ1n) is 7.00. The third-order valence-corrected chi connectivity index (χ3v) is 4.96. The largest absolute Gasteiger partial charge is 0.441 e. The van der Waals surface area contributed by atoms with Crippen LogP contribution in [0.2, 0.25) is 0 Å². The van der Waals surface area contributed by atoms with Gasteiger partial charge in [-0.05, 0) is 36.2 Å². The minimum absolute atomic E-state index is 0.0265. The highest BCUT2D eigenvalue weighted by Crippen LogP contribution is 2.32. The Kier molecular flexibility index (Phi) is 4.06. The summed E-state index contributed by atoms with van der Waals surface area (Å²) in [6.07, 6.45) is 3.15. The van der Waals surface area contributed by atoms with Crippen LogP contribution >= 0.6 is 10.7 Å². The van der Waals surface area contributed by atoms with E-state index in [9.17, 15) is 8.42 Å². The molecule has 0 radical (unpaired) electrons. The van der Waals surface area contributed by atoms with Crippen LogP contribution in [0.25, 0.3) is 22.5 Å². The Morgan fingerprint density at radius 3 is 2.46 bits per heavy atom. The van der Waals surface area contributed by atoms with Crippen molar-refractivity contribution in [3.8, 4) is 22.5 Å². The highest BCUT2D eigenvalue weighted by atomic mass is 35.7. The molecular formula is C16H14ClN3O3S. The summed E-state index contributed by atoms with van der Waals surface area (Å²) in [7, 11) is 1.62. The number of pyridine rings is 1. The number of nitrogen functional groups attached to an aromatic ring is 1. The summed E-state index contributed by atoms with van der Waals surface area (Å²) < 4.78 is 28.7. The highest BCUT2D eigenvalue weighted by molar-refractivity contribution is 8.13. The molecule has 0 aliphatic carbocycles. The molecule has 0 unspecified atom stereocenters. The number of hydrogen-bond donors (Lipinski definition) is 1. The SMILES string of the molecule is Cc1ncc(-c2cc(-c3cc(S(=O)(=O)Cl)ccc3C)cnc2N)o1. The van der Waals surface area contributed by atoms with Crippen LogP contribution in [0.4, 0.5) is 5.82 Å². The molecule has 3 aromatic rings. The average molecular weight is 364 g/mol. The minimum Gasteiger partial charge on any atom is -0.441 e. The van der Waals surface area contributed by atoms with Crippen LogP contribution in [-0.4, -0.2) is 18.4 Å². The van der Waals surface area contributed by atoms with Gasteiger partial charge in [0.25, 0.3) is 9.05 Å². The maximum absolute atomic E-state index is 11.6. The van der Waals surface area contributed by atoms with E-state index in [0.717, 1.165) is 5.56 Å². The van der Waals surface area contributed by atoms with E-state index in [-0.39, 0.29) is 4.90 Å². The number of halogens is 1. The summed E-state index contributed by atoms with van der Waals surface area (Å²) >= 11 is 0.